The lowest BCUT2D eigenvalue weighted by molar-refractivity contribution is -0.125. The van der Waals surface area contributed by atoms with Crippen LogP contribution in [-0.2, 0) is 14.3 Å². The SMILES string of the molecule is CC(C)NC(=O)CCNC(=O)[C@@H]1CSCN1C(=O)OC(C)(C)C. The monoisotopic (exact) mass is 345 g/mol. The molecular formula is C15H27N3O4S. The van der Waals surface area contributed by atoms with Gasteiger partial charge >= 0.3 is 6.09 Å². The van der Waals surface area contributed by atoms with E-state index in [4.69, 9.17) is 4.74 Å². The van der Waals surface area contributed by atoms with E-state index in [2.05, 4.69) is 10.6 Å². The summed E-state index contributed by atoms with van der Waals surface area (Å²) in [5.74, 6) is 0.604. The van der Waals surface area contributed by atoms with Crippen molar-refractivity contribution in [2.24, 2.45) is 0 Å². The molecule has 23 heavy (non-hydrogen) atoms. The summed E-state index contributed by atoms with van der Waals surface area (Å²) in [4.78, 5) is 37.3. The summed E-state index contributed by atoms with van der Waals surface area (Å²) in [6, 6.07) is -0.477. The highest BCUT2D eigenvalue weighted by molar-refractivity contribution is 7.99. The van der Waals surface area contributed by atoms with Crippen molar-refractivity contribution < 1.29 is 19.1 Å². The van der Waals surface area contributed by atoms with Gasteiger partial charge in [-0.3, -0.25) is 14.5 Å². The molecule has 0 saturated carbocycles. The van der Waals surface area contributed by atoms with E-state index >= 15 is 0 Å². The Labute approximate surface area is 141 Å². The molecule has 1 aliphatic rings. The molecule has 8 heteroatoms. The van der Waals surface area contributed by atoms with Gasteiger partial charge in [0, 0.05) is 24.8 Å². The smallest absolute Gasteiger partial charge is 0.411 e. The van der Waals surface area contributed by atoms with E-state index in [-0.39, 0.29) is 30.8 Å². The first-order chi connectivity index (χ1) is 10.6. The van der Waals surface area contributed by atoms with Crippen LogP contribution in [0.3, 0.4) is 0 Å². The maximum absolute atomic E-state index is 12.2. The second-order valence-electron chi connectivity index (χ2n) is 6.73. The van der Waals surface area contributed by atoms with Gasteiger partial charge in [0.2, 0.25) is 11.8 Å². The number of carbonyl (C=O) groups is 3. The average molecular weight is 345 g/mol. The molecule has 3 amide bonds. The fourth-order valence-corrected chi connectivity index (χ4v) is 3.11. The topological polar surface area (TPSA) is 87.7 Å². The maximum Gasteiger partial charge on any atom is 0.411 e. The Morgan fingerprint density at radius 2 is 1.96 bits per heavy atom. The standard InChI is InChI=1S/C15H27N3O4S/c1-10(2)17-12(19)6-7-16-13(20)11-8-23-9-18(11)14(21)22-15(3,4)5/h10-11H,6-9H2,1-5H3,(H,16,20)(H,17,19)/t11-/m0/s1. The van der Waals surface area contributed by atoms with Crippen molar-refractivity contribution in [3.63, 3.8) is 0 Å². The normalized spacial score (nSPS) is 18.0. The molecule has 1 atom stereocenters. The predicted molar refractivity (Wildman–Crippen MR) is 90.1 cm³/mol. The summed E-state index contributed by atoms with van der Waals surface area (Å²) < 4.78 is 5.32. The minimum Gasteiger partial charge on any atom is -0.444 e. The van der Waals surface area contributed by atoms with Gasteiger partial charge in [0.25, 0.3) is 0 Å². The van der Waals surface area contributed by atoms with Crippen LogP contribution < -0.4 is 10.6 Å². The van der Waals surface area contributed by atoms with Crippen molar-refractivity contribution in [2.45, 2.75) is 58.7 Å². The minimum atomic E-state index is -0.597. The number of carbonyl (C=O) groups excluding carboxylic acids is 3. The first-order valence-corrected chi connectivity index (χ1v) is 8.90. The summed E-state index contributed by atoms with van der Waals surface area (Å²) in [6.07, 6.45) is -0.267. The van der Waals surface area contributed by atoms with Crippen LogP contribution in [0.5, 0.6) is 0 Å². The zero-order chi connectivity index (χ0) is 17.6. The maximum atomic E-state index is 12.2. The number of ether oxygens (including phenoxy) is 1. The number of hydrogen-bond acceptors (Lipinski definition) is 5. The van der Waals surface area contributed by atoms with Gasteiger partial charge in [0.05, 0.1) is 5.88 Å². The molecule has 0 radical (unpaired) electrons. The first-order valence-electron chi connectivity index (χ1n) is 7.74. The van der Waals surface area contributed by atoms with Crippen LogP contribution in [0.4, 0.5) is 4.79 Å². The number of amides is 3. The van der Waals surface area contributed by atoms with E-state index in [1.54, 1.807) is 20.8 Å². The third-order valence-electron chi connectivity index (χ3n) is 2.91. The van der Waals surface area contributed by atoms with Crippen LogP contribution in [0, 0.1) is 0 Å². The number of hydrogen-bond donors (Lipinski definition) is 2. The zero-order valence-electron chi connectivity index (χ0n) is 14.5. The molecule has 0 aromatic rings. The van der Waals surface area contributed by atoms with E-state index < -0.39 is 17.7 Å². The lowest BCUT2D eigenvalue weighted by Gasteiger charge is -2.27. The number of nitrogens with zero attached hydrogens (tertiary/aromatic N) is 1. The van der Waals surface area contributed by atoms with Crippen LogP contribution in [0.25, 0.3) is 0 Å². The molecular weight excluding hydrogens is 318 g/mol. The summed E-state index contributed by atoms with van der Waals surface area (Å²) in [5, 5.41) is 5.47. The highest BCUT2D eigenvalue weighted by Crippen LogP contribution is 2.23. The van der Waals surface area contributed by atoms with Crippen LogP contribution in [0.1, 0.15) is 41.0 Å². The molecule has 132 valence electrons. The summed E-state index contributed by atoms with van der Waals surface area (Å²) in [5.41, 5.74) is -0.597. The zero-order valence-corrected chi connectivity index (χ0v) is 15.3. The molecule has 0 unspecified atom stereocenters. The highest BCUT2D eigenvalue weighted by atomic mass is 32.2. The van der Waals surface area contributed by atoms with Gasteiger partial charge in [0.1, 0.15) is 11.6 Å². The molecule has 0 bridgehead atoms. The van der Waals surface area contributed by atoms with E-state index in [1.165, 1.54) is 16.7 Å². The Kier molecular flexibility index (Phi) is 7.18. The highest BCUT2D eigenvalue weighted by Gasteiger charge is 2.36. The summed E-state index contributed by atoms with van der Waals surface area (Å²) in [6.45, 7) is 9.38. The van der Waals surface area contributed by atoms with Crippen molar-refractivity contribution in [2.75, 3.05) is 18.2 Å². The van der Waals surface area contributed by atoms with Crippen molar-refractivity contribution >= 4 is 29.7 Å². The Balaban J connectivity index is 2.45. The van der Waals surface area contributed by atoms with Crippen LogP contribution >= 0.6 is 11.8 Å². The molecule has 0 aromatic carbocycles. The molecule has 0 spiro atoms. The van der Waals surface area contributed by atoms with Crippen molar-refractivity contribution in [3.05, 3.63) is 0 Å². The molecule has 0 aromatic heterocycles. The Morgan fingerprint density at radius 3 is 2.52 bits per heavy atom. The molecule has 1 rings (SSSR count). The third-order valence-corrected chi connectivity index (χ3v) is 3.93. The van der Waals surface area contributed by atoms with Gasteiger partial charge in [0.15, 0.2) is 0 Å². The van der Waals surface area contributed by atoms with Crippen LogP contribution in [-0.4, -0.2) is 58.7 Å². The van der Waals surface area contributed by atoms with Crippen molar-refractivity contribution in [1.29, 1.82) is 0 Å². The van der Waals surface area contributed by atoms with Crippen molar-refractivity contribution in [3.8, 4) is 0 Å². The number of thioether (sulfide) groups is 1. The van der Waals surface area contributed by atoms with E-state index in [9.17, 15) is 14.4 Å². The Hall–Kier alpha value is -1.44. The van der Waals surface area contributed by atoms with E-state index in [0.717, 1.165) is 0 Å². The molecule has 1 saturated heterocycles. The van der Waals surface area contributed by atoms with E-state index in [1.807, 2.05) is 13.8 Å². The second kappa shape index (κ2) is 8.42. The van der Waals surface area contributed by atoms with Crippen molar-refractivity contribution in [1.82, 2.24) is 15.5 Å². The Bertz CT molecular complexity index is 448. The number of nitrogens with one attached hydrogen (secondary N) is 2. The van der Waals surface area contributed by atoms with E-state index in [0.29, 0.717) is 11.6 Å². The summed E-state index contributed by atoms with van der Waals surface area (Å²) >= 11 is 1.51. The van der Waals surface area contributed by atoms with Gasteiger partial charge in [-0.1, -0.05) is 0 Å². The van der Waals surface area contributed by atoms with Gasteiger partial charge < -0.3 is 15.4 Å². The van der Waals surface area contributed by atoms with Gasteiger partial charge in [-0.2, -0.15) is 0 Å². The number of rotatable bonds is 5. The second-order valence-corrected chi connectivity index (χ2v) is 7.73. The first kappa shape index (κ1) is 19.6. The fourth-order valence-electron chi connectivity index (χ4n) is 1.97. The minimum absolute atomic E-state index is 0.0760. The molecule has 0 aliphatic carbocycles. The average Bonchev–Trinajstić information content (AvgIpc) is 2.84. The molecule has 1 aliphatic heterocycles. The van der Waals surface area contributed by atoms with Crippen LogP contribution in [0.15, 0.2) is 0 Å². The van der Waals surface area contributed by atoms with Gasteiger partial charge in [-0.25, -0.2) is 4.79 Å². The van der Waals surface area contributed by atoms with Gasteiger partial charge in [-0.05, 0) is 34.6 Å². The lowest BCUT2D eigenvalue weighted by Crippen LogP contribution is -2.49. The third kappa shape index (κ3) is 7.11. The summed E-state index contributed by atoms with van der Waals surface area (Å²) in [7, 11) is 0. The molecule has 1 heterocycles. The largest absolute Gasteiger partial charge is 0.444 e. The van der Waals surface area contributed by atoms with Gasteiger partial charge in [-0.15, -0.1) is 11.8 Å². The fraction of sp³-hybridized carbons (Fsp3) is 0.800. The Morgan fingerprint density at radius 1 is 1.30 bits per heavy atom. The molecule has 7 nitrogen and oxygen atoms in total. The lowest BCUT2D eigenvalue weighted by atomic mass is 10.2. The molecule has 2 N–H and O–H groups in total. The molecule has 1 fully saturated rings. The predicted octanol–water partition coefficient (Wildman–Crippen LogP) is 1.33. The van der Waals surface area contributed by atoms with Crippen LogP contribution in [0.2, 0.25) is 0 Å². The quantitative estimate of drug-likeness (QED) is 0.785.